The second-order valence-electron chi connectivity index (χ2n) is 5.73. The maximum absolute atomic E-state index is 12.4. The van der Waals surface area contributed by atoms with Crippen molar-refractivity contribution in [2.24, 2.45) is 0 Å². The lowest BCUT2D eigenvalue weighted by molar-refractivity contribution is 0.0926. The quantitative estimate of drug-likeness (QED) is 0.390. The van der Waals surface area contributed by atoms with E-state index < -0.39 is 0 Å². The van der Waals surface area contributed by atoms with Crippen LogP contribution in [0.1, 0.15) is 26.3 Å². The molecule has 1 heterocycles. The number of amides is 2. The lowest BCUT2D eigenvalue weighted by Gasteiger charge is -2.13. The number of terminal acetylenes is 1. The largest absolute Gasteiger partial charge is 0.268 e. The number of nitrogens with zero attached hydrogens (tertiary/aromatic N) is 1. The summed E-state index contributed by atoms with van der Waals surface area (Å²) in [6.07, 6.45) is 5.38. The Morgan fingerprint density at radius 1 is 0.720 bits per heavy atom. The van der Waals surface area contributed by atoms with E-state index in [1.165, 1.54) is 11.1 Å². The van der Waals surface area contributed by atoms with Crippen LogP contribution in [0.15, 0.2) is 72.8 Å². The van der Waals surface area contributed by atoms with Gasteiger partial charge in [-0.25, -0.2) is 4.90 Å². The molecule has 0 saturated carbocycles. The summed E-state index contributed by atoms with van der Waals surface area (Å²) in [4.78, 5) is 25.9. The van der Waals surface area contributed by atoms with Gasteiger partial charge in [-0.2, -0.15) is 0 Å². The van der Waals surface area contributed by atoms with Crippen molar-refractivity contribution in [2.75, 3.05) is 4.90 Å². The first kappa shape index (κ1) is 14.9. The average Bonchev–Trinajstić information content (AvgIpc) is 2.90. The molecule has 0 atom stereocenters. The highest BCUT2D eigenvalue weighted by atomic mass is 16.2. The minimum atomic E-state index is -0.361. The van der Waals surface area contributed by atoms with Gasteiger partial charge in [-0.15, -0.1) is 6.42 Å². The Bertz CT molecular complexity index is 1010. The van der Waals surface area contributed by atoms with Crippen LogP contribution in [-0.2, 0) is 0 Å². The number of imide groups is 1. The fourth-order valence-corrected chi connectivity index (χ4v) is 2.88. The molecule has 2 aliphatic carbocycles. The van der Waals surface area contributed by atoms with Crippen LogP contribution in [0.3, 0.4) is 0 Å². The number of anilines is 1. The molecule has 0 fully saturated rings. The standard InChI is InChI=1S/C16H9NO2.C6H4/c1-2-11-7-6-10-13-14(11)16(19)17(15(13)18)12-8-4-3-5-9-12;1-2-6-4-3-5(1)6/h1,3-10H;1-4H. The summed E-state index contributed by atoms with van der Waals surface area (Å²) >= 11 is 0. The van der Waals surface area contributed by atoms with Crippen LogP contribution in [0.25, 0.3) is 11.1 Å². The van der Waals surface area contributed by atoms with E-state index in [-0.39, 0.29) is 11.8 Å². The van der Waals surface area contributed by atoms with Crippen LogP contribution in [0, 0.1) is 12.3 Å². The third-order valence-electron chi connectivity index (χ3n) is 4.30. The minimum absolute atomic E-state index is 0.318. The molecule has 0 N–H and O–H groups in total. The van der Waals surface area contributed by atoms with E-state index in [1.54, 1.807) is 42.5 Å². The first-order chi connectivity index (χ1) is 12.2. The summed E-state index contributed by atoms with van der Waals surface area (Å²) in [5.74, 6) is 1.76. The number of hydrogen-bond donors (Lipinski definition) is 0. The Morgan fingerprint density at radius 3 is 1.88 bits per heavy atom. The normalized spacial score (nSPS) is 12.8. The van der Waals surface area contributed by atoms with Gasteiger partial charge in [0.05, 0.1) is 16.8 Å². The Balaban J connectivity index is 0.000000217. The van der Waals surface area contributed by atoms with Gasteiger partial charge in [0.25, 0.3) is 11.8 Å². The van der Waals surface area contributed by atoms with Crippen molar-refractivity contribution in [1.29, 1.82) is 0 Å². The minimum Gasteiger partial charge on any atom is -0.268 e. The predicted molar refractivity (Wildman–Crippen MR) is 97.4 cm³/mol. The highest BCUT2D eigenvalue weighted by Crippen LogP contribution is 2.30. The van der Waals surface area contributed by atoms with E-state index in [4.69, 9.17) is 6.42 Å². The highest BCUT2D eigenvalue weighted by molar-refractivity contribution is 6.35. The number of carbonyl (C=O) groups excluding carboxylic acids is 2. The molecule has 0 aromatic heterocycles. The molecule has 0 radical (unpaired) electrons. The molecule has 25 heavy (non-hydrogen) atoms. The van der Waals surface area contributed by atoms with Gasteiger partial charge in [-0.05, 0) is 35.4 Å². The van der Waals surface area contributed by atoms with E-state index in [0.717, 1.165) is 4.90 Å². The van der Waals surface area contributed by atoms with Crippen molar-refractivity contribution >= 4 is 17.5 Å². The SMILES string of the molecule is C#Cc1cccc2c1C(=O)N(c1ccccc1)C2=O.c1cc2ccc1-2. The molecule has 118 valence electrons. The summed E-state index contributed by atoms with van der Waals surface area (Å²) in [6.45, 7) is 0. The van der Waals surface area contributed by atoms with E-state index in [0.29, 0.717) is 22.4 Å². The Morgan fingerprint density at radius 2 is 1.36 bits per heavy atom. The third kappa shape index (κ3) is 2.32. The molecule has 0 saturated heterocycles. The number of carbonyl (C=O) groups is 2. The molecule has 0 unspecified atom stereocenters. The summed E-state index contributed by atoms with van der Waals surface area (Å²) in [5.41, 5.74) is 4.54. The summed E-state index contributed by atoms with van der Waals surface area (Å²) in [7, 11) is 0. The van der Waals surface area contributed by atoms with Gasteiger partial charge in [-0.3, -0.25) is 9.59 Å². The predicted octanol–water partition coefficient (Wildman–Crippen LogP) is 4.14. The second kappa shape index (κ2) is 5.77. The maximum Gasteiger partial charge on any atom is 0.267 e. The van der Waals surface area contributed by atoms with Crippen molar-refractivity contribution < 1.29 is 9.59 Å². The topological polar surface area (TPSA) is 37.4 Å². The van der Waals surface area contributed by atoms with Crippen molar-refractivity contribution in [3.63, 3.8) is 0 Å². The van der Waals surface area contributed by atoms with Crippen LogP contribution in [0.4, 0.5) is 5.69 Å². The van der Waals surface area contributed by atoms with Crippen LogP contribution >= 0.6 is 0 Å². The fraction of sp³-hybridized carbons (Fsp3) is 0. The molecular formula is C22H13NO2. The molecule has 3 nitrogen and oxygen atoms in total. The number of para-hydroxylation sites is 1. The lowest BCUT2D eigenvalue weighted by atomic mass is 9.95. The summed E-state index contributed by atoms with van der Waals surface area (Å²) in [6, 6.07) is 22.3. The number of hydrogen-bond acceptors (Lipinski definition) is 2. The zero-order chi connectivity index (χ0) is 17.4. The molecule has 2 aromatic carbocycles. The molecule has 5 rings (SSSR count). The molecule has 1 aliphatic heterocycles. The first-order valence-electron chi connectivity index (χ1n) is 7.84. The van der Waals surface area contributed by atoms with Gasteiger partial charge in [0.15, 0.2) is 0 Å². The van der Waals surface area contributed by atoms with Gasteiger partial charge in [0.1, 0.15) is 0 Å². The van der Waals surface area contributed by atoms with Crippen molar-refractivity contribution in [2.45, 2.75) is 0 Å². The van der Waals surface area contributed by atoms with Gasteiger partial charge < -0.3 is 0 Å². The molecule has 0 bridgehead atoms. The zero-order valence-electron chi connectivity index (χ0n) is 13.3. The number of rotatable bonds is 1. The van der Waals surface area contributed by atoms with Crippen molar-refractivity contribution in [1.82, 2.24) is 0 Å². The lowest BCUT2D eigenvalue weighted by Crippen LogP contribution is -2.29. The molecule has 3 heteroatoms. The number of benzene rings is 3. The van der Waals surface area contributed by atoms with Crippen molar-refractivity contribution in [3.05, 3.63) is 89.5 Å². The van der Waals surface area contributed by atoms with Crippen LogP contribution in [0.5, 0.6) is 0 Å². The monoisotopic (exact) mass is 323 g/mol. The van der Waals surface area contributed by atoms with Crippen molar-refractivity contribution in [3.8, 4) is 23.5 Å². The Hall–Kier alpha value is -3.64. The first-order valence-corrected chi connectivity index (χ1v) is 7.84. The molecule has 0 spiro atoms. The van der Waals surface area contributed by atoms with Gasteiger partial charge in [-0.1, -0.05) is 54.5 Å². The Kier molecular flexibility index (Phi) is 3.45. The van der Waals surface area contributed by atoms with Gasteiger partial charge >= 0.3 is 0 Å². The van der Waals surface area contributed by atoms with E-state index in [1.807, 2.05) is 6.07 Å². The maximum atomic E-state index is 12.4. The molecule has 2 aromatic rings. The molecule has 3 aliphatic rings. The van der Waals surface area contributed by atoms with Gasteiger partial charge in [0, 0.05) is 5.56 Å². The number of fused-ring (bicyclic) bond motifs is 2. The van der Waals surface area contributed by atoms with Crippen LogP contribution in [-0.4, -0.2) is 11.8 Å². The van der Waals surface area contributed by atoms with E-state index in [9.17, 15) is 9.59 Å². The van der Waals surface area contributed by atoms with E-state index in [2.05, 4.69) is 30.2 Å². The molecular weight excluding hydrogens is 310 g/mol. The smallest absolute Gasteiger partial charge is 0.267 e. The average molecular weight is 323 g/mol. The summed E-state index contributed by atoms with van der Waals surface area (Å²) < 4.78 is 0. The highest BCUT2D eigenvalue weighted by Gasteiger charge is 2.37. The Labute approximate surface area is 145 Å². The zero-order valence-corrected chi connectivity index (χ0v) is 13.3. The van der Waals surface area contributed by atoms with Crippen LogP contribution < -0.4 is 4.90 Å². The molecule has 2 amide bonds. The fourth-order valence-electron chi connectivity index (χ4n) is 2.88. The summed E-state index contributed by atoms with van der Waals surface area (Å²) in [5, 5.41) is 0. The van der Waals surface area contributed by atoms with Crippen LogP contribution in [0.2, 0.25) is 0 Å². The third-order valence-corrected chi connectivity index (χ3v) is 4.30. The second-order valence-corrected chi connectivity index (χ2v) is 5.73. The van der Waals surface area contributed by atoms with Gasteiger partial charge in [0.2, 0.25) is 0 Å². The van der Waals surface area contributed by atoms with E-state index >= 15 is 0 Å².